The molecule has 7 atom stereocenters. The highest BCUT2D eigenvalue weighted by molar-refractivity contribution is 7.85. The smallest absolute Gasteiger partial charge is 0.265 e. The van der Waals surface area contributed by atoms with Gasteiger partial charge in [0.05, 0.1) is 29.9 Å². The molecule has 4 heterocycles. The Morgan fingerprint density at radius 2 is 2.05 bits per heavy atom. The van der Waals surface area contributed by atoms with Gasteiger partial charge in [-0.25, -0.2) is 0 Å². The first-order chi connectivity index (χ1) is 18.4. The molecule has 2 aromatic rings. The van der Waals surface area contributed by atoms with Gasteiger partial charge in [-0.05, 0) is 85.2 Å². The second-order valence-electron chi connectivity index (χ2n) is 12.4. The number of ketones is 1. The predicted octanol–water partition coefficient (Wildman–Crippen LogP) is 4.44. The largest absolute Gasteiger partial charge is 0.497 e. The van der Waals surface area contributed by atoms with Crippen LogP contribution >= 0.6 is 0 Å². The number of Topliss-reactive ketones (excluding diaryl/α,β-unsaturated/α-hetero) is 1. The van der Waals surface area contributed by atoms with Crippen LogP contribution in [0, 0.1) is 28.6 Å². The number of aromatic nitrogens is 1. The van der Waals surface area contributed by atoms with Crippen molar-refractivity contribution in [1.82, 2.24) is 9.88 Å². The number of pyridine rings is 1. The third kappa shape index (κ3) is 4.92. The zero-order valence-corrected chi connectivity index (χ0v) is 23.9. The Morgan fingerprint density at radius 3 is 2.62 bits per heavy atom. The summed E-state index contributed by atoms with van der Waals surface area (Å²) in [4.78, 5) is 18.7. The highest BCUT2D eigenvalue weighted by atomic mass is 32.2. The summed E-state index contributed by atoms with van der Waals surface area (Å²) in [5.41, 5.74) is 0.726. The van der Waals surface area contributed by atoms with Gasteiger partial charge in [-0.15, -0.1) is 6.58 Å². The number of carbonyl (C=O) groups excluding carboxylic acids is 1. The molecular formula is C30H40N2O6S. The van der Waals surface area contributed by atoms with Crippen LogP contribution in [0.1, 0.15) is 57.6 Å². The Balaban J connectivity index is 0.000000177. The van der Waals surface area contributed by atoms with E-state index in [1.54, 1.807) is 13.3 Å². The van der Waals surface area contributed by atoms with E-state index in [2.05, 4.69) is 22.5 Å². The van der Waals surface area contributed by atoms with Crippen LogP contribution in [0.25, 0.3) is 10.9 Å². The summed E-state index contributed by atoms with van der Waals surface area (Å²) in [7, 11) is -2.41. The highest BCUT2D eigenvalue weighted by Crippen LogP contribution is 2.64. The van der Waals surface area contributed by atoms with Crippen molar-refractivity contribution in [2.24, 2.45) is 28.6 Å². The Morgan fingerprint density at radius 1 is 1.28 bits per heavy atom. The Bertz CT molecular complexity index is 1370. The average Bonchev–Trinajstić information content (AvgIpc) is 3.26. The molecule has 9 heteroatoms. The fraction of sp³-hybridized carbons (Fsp3) is 0.600. The fourth-order valence-corrected chi connectivity index (χ4v) is 9.16. The Hall–Kier alpha value is -2.33. The van der Waals surface area contributed by atoms with Gasteiger partial charge in [-0.3, -0.25) is 19.2 Å². The monoisotopic (exact) mass is 556 g/mol. The van der Waals surface area contributed by atoms with Crippen LogP contribution in [0.3, 0.4) is 0 Å². The summed E-state index contributed by atoms with van der Waals surface area (Å²) < 4.78 is 36.3. The summed E-state index contributed by atoms with van der Waals surface area (Å²) in [6.45, 7) is 9.96. The van der Waals surface area contributed by atoms with E-state index in [0.717, 1.165) is 48.1 Å². The van der Waals surface area contributed by atoms with Crippen molar-refractivity contribution in [3.05, 3.63) is 48.7 Å². The van der Waals surface area contributed by atoms with Gasteiger partial charge in [-0.2, -0.15) is 8.42 Å². The minimum absolute atomic E-state index is 0.0152. The summed E-state index contributed by atoms with van der Waals surface area (Å²) in [6, 6.07) is 7.96. The summed E-state index contributed by atoms with van der Waals surface area (Å²) >= 11 is 0. The molecule has 0 radical (unpaired) electrons. The number of hydrogen-bond acceptors (Lipinski definition) is 7. The van der Waals surface area contributed by atoms with E-state index < -0.39 is 27.4 Å². The van der Waals surface area contributed by atoms with Crippen LogP contribution < -0.4 is 4.74 Å². The number of fused-ring (bicyclic) bond motifs is 6. The van der Waals surface area contributed by atoms with Crippen molar-refractivity contribution in [2.75, 3.05) is 26.0 Å². The van der Waals surface area contributed by atoms with Crippen LogP contribution in [-0.4, -0.2) is 65.7 Å². The van der Waals surface area contributed by atoms with Gasteiger partial charge in [0.1, 0.15) is 11.5 Å². The van der Waals surface area contributed by atoms with Crippen LogP contribution in [0.2, 0.25) is 0 Å². The van der Waals surface area contributed by atoms with Gasteiger partial charge < -0.3 is 9.84 Å². The van der Waals surface area contributed by atoms with E-state index in [-0.39, 0.29) is 23.2 Å². The van der Waals surface area contributed by atoms with E-state index in [4.69, 9.17) is 9.29 Å². The van der Waals surface area contributed by atoms with Crippen LogP contribution in [-0.2, 0) is 14.9 Å². The molecule has 5 unspecified atom stereocenters. The summed E-state index contributed by atoms with van der Waals surface area (Å²) in [6.07, 6.45) is 7.59. The van der Waals surface area contributed by atoms with Crippen molar-refractivity contribution in [1.29, 1.82) is 0 Å². The van der Waals surface area contributed by atoms with Crippen molar-refractivity contribution in [2.45, 2.75) is 58.1 Å². The van der Waals surface area contributed by atoms with Crippen molar-refractivity contribution < 1.29 is 27.6 Å². The second kappa shape index (κ2) is 10.3. The second-order valence-corrected chi connectivity index (χ2v) is 13.8. The number of methoxy groups -OCH3 is 1. The molecule has 2 saturated carbocycles. The molecule has 0 spiro atoms. The zero-order valence-electron chi connectivity index (χ0n) is 23.0. The number of rotatable bonds is 6. The molecule has 7 rings (SSSR count). The van der Waals surface area contributed by atoms with Gasteiger partial charge in [0, 0.05) is 30.6 Å². The van der Waals surface area contributed by atoms with Crippen molar-refractivity contribution in [3.63, 3.8) is 0 Å². The first-order valence-electron chi connectivity index (χ1n) is 13.9. The lowest BCUT2D eigenvalue weighted by atomic mass is 9.70. The van der Waals surface area contributed by atoms with Crippen LogP contribution in [0.4, 0.5) is 0 Å². The number of piperidine rings is 3. The first kappa shape index (κ1) is 28.2. The maximum atomic E-state index is 11.9. The normalized spacial score (nSPS) is 33.5. The van der Waals surface area contributed by atoms with E-state index in [0.29, 0.717) is 24.7 Å². The molecule has 3 aliphatic heterocycles. The third-order valence-electron chi connectivity index (χ3n) is 10.4. The molecule has 0 amide bonds. The van der Waals surface area contributed by atoms with Gasteiger partial charge >= 0.3 is 0 Å². The van der Waals surface area contributed by atoms with Gasteiger partial charge in [0.15, 0.2) is 0 Å². The van der Waals surface area contributed by atoms with Crippen molar-refractivity contribution >= 4 is 26.8 Å². The zero-order chi connectivity index (χ0) is 28.2. The summed E-state index contributed by atoms with van der Waals surface area (Å²) in [5.74, 6) is 1.91. The molecule has 2 aliphatic carbocycles. The number of ether oxygens (including phenoxy) is 1. The molecule has 8 nitrogen and oxygen atoms in total. The molecule has 5 aliphatic rings. The molecule has 1 aromatic carbocycles. The van der Waals surface area contributed by atoms with E-state index in [1.807, 2.05) is 38.1 Å². The van der Waals surface area contributed by atoms with Gasteiger partial charge in [0.2, 0.25) is 0 Å². The number of hydrogen-bond donors (Lipinski definition) is 2. The topological polar surface area (TPSA) is 117 Å². The van der Waals surface area contributed by atoms with Gasteiger partial charge in [0.25, 0.3) is 10.1 Å². The first-order valence-corrected chi connectivity index (χ1v) is 15.5. The molecule has 5 fully saturated rings. The minimum atomic E-state index is -4.08. The summed E-state index contributed by atoms with van der Waals surface area (Å²) in [5, 5.41) is 12.1. The number of benzene rings is 1. The molecule has 212 valence electrons. The Labute approximate surface area is 231 Å². The predicted molar refractivity (Wildman–Crippen MR) is 150 cm³/mol. The van der Waals surface area contributed by atoms with E-state index >= 15 is 0 Å². The molecule has 3 saturated heterocycles. The maximum Gasteiger partial charge on any atom is 0.265 e. The quantitative estimate of drug-likeness (QED) is 0.396. The average molecular weight is 557 g/mol. The number of aliphatic hydroxyl groups is 1. The molecule has 1 aromatic heterocycles. The number of nitrogens with zero attached hydrogens (tertiary/aromatic N) is 2. The Kier molecular flexibility index (Phi) is 7.41. The van der Waals surface area contributed by atoms with Crippen LogP contribution in [0.15, 0.2) is 43.1 Å². The van der Waals surface area contributed by atoms with E-state index in [9.17, 15) is 18.3 Å². The van der Waals surface area contributed by atoms with Crippen molar-refractivity contribution in [3.8, 4) is 5.75 Å². The lowest BCUT2D eigenvalue weighted by Crippen LogP contribution is -2.54. The number of aliphatic hydroxyl groups excluding tert-OH is 1. The highest BCUT2D eigenvalue weighted by Gasteiger charge is 2.65. The SMILES string of the molecule is C=CC1CN2CCC1CC2[C@@H](O)c1ccnc2ccc(OC)cc12.CC1(C)C2CC[C@@]1(CS(=O)(=O)O)C(=O)C2. The molecule has 4 bridgehead atoms. The standard InChI is InChI=1S/C20H24N2O2.C10H16O4S/c1-3-13-12-22-9-7-14(13)10-19(22)20(23)16-6-8-21-18-5-4-15(24-2)11-17(16)18;1-9(2)7-3-4-10(9,8(11)5-7)6-15(12,13)14/h3-6,8,11,13-14,19-20,23H,1,7,9-10,12H2,2H3;7H,3-6H2,1-2H3,(H,12,13,14)/t13?,14?,19?,20-;7?,10-/m01/s1. The third-order valence-corrected chi connectivity index (χ3v) is 11.2. The minimum Gasteiger partial charge on any atom is -0.497 e. The molecule has 2 N–H and O–H groups in total. The van der Waals surface area contributed by atoms with E-state index in [1.165, 1.54) is 6.42 Å². The number of carbonyl (C=O) groups is 1. The lowest BCUT2D eigenvalue weighted by Gasteiger charge is -2.50. The fourth-order valence-electron chi connectivity index (χ4n) is 7.86. The molecular weight excluding hydrogens is 516 g/mol. The lowest BCUT2D eigenvalue weighted by molar-refractivity contribution is -0.128. The van der Waals surface area contributed by atoms with Crippen LogP contribution in [0.5, 0.6) is 5.75 Å². The molecule has 39 heavy (non-hydrogen) atoms. The van der Waals surface area contributed by atoms with Gasteiger partial charge in [-0.1, -0.05) is 19.9 Å². The maximum absolute atomic E-state index is 11.9.